The van der Waals surface area contributed by atoms with Crippen molar-refractivity contribution in [3.63, 3.8) is 0 Å². The Bertz CT molecular complexity index is 905. The maximum Gasteiger partial charge on any atom is 0.240 e. The highest BCUT2D eigenvalue weighted by Gasteiger charge is 2.30. The molecule has 3 rings (SSSR count). The van der Waals surface area contributed by atoms with Crippen molar-refractivity contribution >= 4 is 21.6 Å². The van der Waals surface area contributed by atoms with Gasteiger partial charge in [0.2, 0.25) is 15.9 Å². The monoisotopic (exact) mass is 358 g/mol. The summed E-state index contributed by atoms with van der Waals surface area (Å²) in [5, 5.41) is 0. The maximum absolute atomic E-state index is 12.6. The highest BCUT2D eigenvalue weighted by molar-refractivity contribution is 7.89. The topological polar surface area (TPSA) is 66.5 Å². The van der Waals surface area contributed by atoms with Gasteiger partial charge in [0.15, 0.2) is 0 Å². The zero-order chi connectivity index (χ0) is 18.2. The molecule has 1 aliphatic rings. The number of sulfonamides is 1. The summed E-state index contributed by atoms with van der Waals surface area (Å²) in [5.41, 5.74) is 3.74. The SMILES string of the molecule is CC(=O)N1c2ccc(S(=O)(=O)NCc3ccc(C)cc3)cc2C[C@H]1C. The fraction of sp³-hybridized carbons (Fsp3) is 0.316. The summed E-state index contributed by atoms with van der Waals surface area (Å²) < 4.78 is 27.8. The van der Waals surface area contributed by atoms with Gasteiger partial charge in [-0.15, -0.1) is 0 Å². The van der Waals surface area contributed by atoms with E-state index in [2.05, 4.69) is 4.72 Å². The van der Waals surface area contributed by atoms with Gasteiger partial charge in [-0.05, 0) is 49.6 Å². The van der Waals surface area contributed by atoms with Gasteiger partial charge in [-0.3, -0.25) is 4.79 Å². The molecular weight excluding hydrogens is 336 g/mol. The number of nitrogens with one attached hydrogen (secondary N) is 1. The minimum atomic E-state index is -3.60. The molecule has 0 bridgehead atoms. The van der Waals surface area contributed by atoms with E-state index >= 15 is 0 Å². The molecule has 0 saturated carbocycles. The third kappa shape index (κ3) is 3.60. The summed E-state index contributed by atoms with van der Waals surface area (Å²) in [6.45, 7) is 5.73. The lowest BCUT2D eigenvalue weighted by molar-refractivity contribution is -0.116. The highest BCUT2D eigenvalue weighted by atomic mass is 32.2. The van der Waals surface area contributed by atoms with E-state index in [0.29, 0.717) is 6.42 Å². The first-order chi connectivity index (χ1) is 11.8. The summed E-state index contributed by atoms with van der Waals surface area (Å²) >= 11 is 0. The van der Waals surface area contributed by atoms with Gasteiger partial charge in [-0.2, -0.15) is 0 Å². The molecule has 25 heavy (non-hydrogen) atoms. The van der Waals surface area contributed by atoms with Crippen LogP contribution in [0, 0.1) is 6.92 Å². The molecule has 0 aromatic heterocycles. The van der Waals surface area contributed by atoms with Gasteiger partial charge in [0.05, 0.1) is 4.90 Å². The van der Waals surface area contributed by atoms with Gasteiger partial charge in [0, 0.05) is 25.2 Å². The molecule has 2 aromatic rings. The summed E-state index contributed by atoms with van der Waals surface area (Å²) in [5.74, 6) is -0.0284. The van der Waals surface area contributed by atoms with Crippen molar-refractivity contribution in [3.8, 4) is 0 Å². The van der Waals surface area contributed by atoms with Gasteiger partial charge in [-0.25, -0.2) is 13.1 Å². The largest absolute Gasteiger partial charge is 0.309 e. The molecule has 132 valence electrons. The van der Waals surface area contributed by atoms with Crippen molar-refractivity contribution in [1.29, 1.82) is 0 Å². The number of carbonyl (C=O) groups excluding carboxylic acids is 1. The Morgan fingerprint density at radius 2 is 1.88 bits per heavy atom. The van der Waals surface area contributed by atoms with Gasteiger partial charge in [-0.1, -0.05) is 29.8 Å². The second-order valence-electron chi connectivity index (χ2n) is 6.54. The molecule has 1 aliphatic heterocycles. The molecule has 0 spiro atoms. The fourth-order valence-electron chi connectivity index (χ4n) is 3.22. The van der Waals surface area contributed by atoms with E-state index in [1.54, 1.807) is 23.1 Å². The lowest BCUT2D eigenvalue weighted by Crippen LogP contribution is -2.33. The Morgan fingerprint density at radius 1 is 1.20 bits per heavy atom. The maximum atomic E-state index is 12.6. The quantitative estimate of drug-likeness (QED) is 0.914. The van der Waals surface area contributed by atoms with Crippen molar-refractivity contribution in [2.75, 3.05) is 4.90 Å². The number of hydrogen-bond acceptors (Lipinski definition) is 3. The average Bonchev–Trinajstić information content (AvgIpc) is 2.89. The number of rotatable bonds is 4. The van der Waals surface area contributed by atoms with Gasteiger partial charge < -0.3 is 4.90 Å². The number of aryl methyl sites for hydroxylation is 1. The molecule has 0 unspecified atom stereocenters. The fourth-order valence-corrected chi connectivity index (χ4v) is 4.29. The van der Waals surface area contributed by atoms with E-state index in [4.69, 9.17) is 0 Å². The van der Waals surface area contributed by atoms with E-state index in [0.717, 1.165) is 22.4 Å². The van der Waals surface area contributed by atoms with Crippen LogP contribution in [0.5, 0.6) is 0 Å². The minimum absolute atomic E-state index is 0.0284. The molecular formula is C19H22N2O3S. The minimum Gasteiger partial charge on any atom is -0.309 e. The number of anilines is 1. The second kappa shape index (κ2) is 6.61. The van der Waals surface area contributed by atoms with Gasteiger partial charge in [0.25, 0.3) is 0 Å². The van der Waals surface area contributed by atoms with Crippen LogP contribution in [-0.2, 0) is 27.8 Å². The molecule has 0 radical (unpaired) electrons. The van der Waals surface area contributed by atoms with E-state index in [1.165, 1.54) is 6.92 Å². The van der Waals surface area contributed by atoms with Crippen LogP contribution in [0.2, 0.25) is 0 Å². The highest BCUT2D eigenvalue weighted by Crippen LogP contribution is 2.33. The predicted octanol–water partition coefficient (Wildman–Crippen LogP) is 2.77. The normalized spacial score (nSPS) is 16.8. The van der Waals surface area contributed by atoms with E-state index < -0.39 is 10.0 Å². The van der Waals surface area contributed by atoms with E-state index in [1.807, 2.05) is 38.1 Å². The molecule has 0 saturated heterocycles. The summed E-state index contributed by atoms with van der Waals surface area (Å²) in [6.07, 6.45) is 0.663. The first-order valence-corrected chi connectivity index (χ1v) is 9.74. The summed E-state index contributed by atoms with van der Waals surface area (Å²) in [6, 6.07) is 12.7. The van der Waals surface area contributed by atoms with Crippen LogP contribution in [0.4, 0.5) is 5.69 Å². The number of nitrogens with zero attached hydrogens (tertiary/aromatic N) is 1. The third-order valence-corrected chi connectivity index (χ3v) is 5.90. The molecule has 0 aliphatic carbocycles. The summed E-state index contributed by atoms with van der Waals surface area (Å²) in [4.78, 5) is 13.7. The second-order valence-corrected chi connectivity index (χ2v) is 8.31. The Labute approximate surface area is 148 Å². The van der Waals surface area contributed by atoms with Crippen LogP contribution in [0.15, 0.2) is 47.4 Å². The van der Waals surface area contributed by atoms with Crippen LogP contribution < -0.4 is 9.62 Å². The molecule has 0 fully saturated rings. The number of benzene rings is 2. The number of hydrogen-bond donors (Lipinski definition) is 1. The molecule has 6 heteroatoms. The number of amides is 1. The zero-order valence-electron chi connectivity index (χ0n) is 14.6. The van der Waals surface area contributed by atoms with Crippen LogP contribution in [0.1, 0.15) is 30.5 Å². The first kappa shape index (κ1) is 17.6. The molecule has 1 atom stereocenters. The average molecular weight is 358 g/mol. The van der Waals surface area contributed by atoms with Crippen LogP contribution in [0.25, 0.3) is 0 Å². The number of fused-ring (bicyclic) bond motifs is 1. The van der Waals surface area contributed by atoms with Crippen molar-refractivity contribution in [1.82, 2.24) is 4.72 Å². The predicted molar refractivity (Wildman–Crippen MR) is 98.0 cm³/mol. The lowest BCUT2D eigenvalue weighted by atomic mass is 10.1. The Kier molecular flexibility index (Phi) is 4.67. The van der Waals surface area contributed by atoms with Gasteiger partial charge in [0.1, 0.15) is 0 Å². The Morgan fingerprint density at radius 3 is 2.52 bits per heavy atom. The molecule has 5 nitrogen and oxygen atoms in total. The van der Waals surface area contributed by atoms with Crippen molar-refractivity contribution in [2.45, 2.75) is 44.7 Å². The van der Waals surface area contributed by atoms with Crippen molar-refractivity contribution in [3.05, 3.63) is 59.2 Å². The van der Waals surface area contributed by atoms with E-state index in [9.17, 15) is 13.2 Å². The van der Waals surface area contributed by atoms with E-state index in [-0.39, 0.29) is 23.4 Å². The molecule has 1 amide bonds. The Hall–Kier alpha value is -2.18. The zero-order valence-corrected chi connectivity index (χ0v) is 15.4. The van der Waals surface area contributed by atoms with Gasteiger partial charge >= 0.3 is 0 Å². The smallest absolute Gasteiger partial charge is 0.240 e. The third-order valence-electron chi connectivity index (χ3n) is 4.50. The van der Waals surface area contributed by atoms with Crippen LogP contribution >= 0.6 is 0 Å². The molecule has 1 N–H and O–H groups in total. The standard InChI is InChI=1S/C19H22N2O3S/c1-13-4-6-16(7-5-13)12-20-25(23,24)18-8-9-19-17(11-18)10-14(2)21(19)15(3)22/h4-9,11,14,20H,10,12H2,1-3H3/t14-/m1/s1. The van der Waals surface area contributed by atoms with Crippen molar-refractivity contribution in [2.24, 2.45) is 0 Å². The van der Waals surface area contributed by atoms with Crippen LogP contribution in [0.3, 0.4) is 0 Å². The summed E-state index contributed by atoms with van der Waals surface area (Å²) in [7, 11) is -3.60. The number of carbonyl (C=O) groups is 1. The van der Waals surface area contributed by atoms with Crippen LogP contribution in [-0.4, -0.2) is 20.4 Å². The lowest BCUT2D eigenvalue weighted by Gasteiger charge is -2.20. The molecule has 2 aromatic carbocycles. The van der Waals surface area contributed by atoms with Crippen molar-refractivity contribution < 1.29 is 13.2 Å². The molecule has 1 heterocycles. The Balaban J connectivity index is 1.81. The first-order valence-electron chi connectivity index (χ1n) is 8.26.